The highest BCUT2D eigenvalue weighted by molar-refractivity contribution is 9.10. The van der Waals surface area contributed by atoms with Gasteiger partial charge < -0.3 is 15.2 Å². The summed E-state index contributed by atoms with van der Waals surface area (Å²) >= 11 is 10.5. The molecule has 0 aliphatic carbocycles. The molecule has 0 radical (unpaired) electrons. The van der Waals surface area contributed by atoms with E-state index >= 15 is 0 Å². The van der Waals surface area contributed by atoms with E-state index in [1.807, 2.05) is 24.3 Å². The van der Waals surface area contributed by atoms with E-state index in [4.69, 9.17) is 11.6 Å². The van der Waals surface area contributed by atoms with Crippen molar-refractivity contribution in [2.45, 2.75) is 11.7 Å². The predicted molar refractivity (Wildman–Crippen MR) is 117 cm³/mol. The first-order valence-corrected chi connectivity index (χ1v) is 10.7. The Morgan fingerprint density at radius 2 is 1.97 bits per heavy atom. The number of amides is 2. The zero-order valence-electron chi connectivity index (χ0n) is 15.4. The molecule has 0 bridgehead atoms. The summed E-state index contributed by atoms with van der Waals surface area (Å²) in [6.45, 7) is 0.208. The van der Waals surface area contributed by atoms with E-state index in [0.29, 0.717) is 27.3 Å². The number of hydrogen-bond donors (Lipinski definition) is 2. The second-order valence-electron chi connectivity index (χ2n) is 6.00. The van der Waals surface area contributed by atoms with Crippen molar-refractivity contribution in [3.8, 4) is 0 Å². The molecule has 2 aromatic carbocycles. The molecule has 29 heavy (non-hydrogen) atoms. The van der Waals surface area contributed by atoms with Gasteiger partial charge in [0.25, 0.3) is 5.91 Å². The quantitative estimate of drug-likeness (QED) is 0.487. The Morgan fingerprint density at radius 1 is 1.17 bits per heavy atom. The molecular weight excluding hydrogens is 478 g/mol. The number of anilines is 1. The fraction of sp³-hybridized carbons (Fsp3) is 0.158. The molecule has 0 unspecified atom stereocenters. The number of hydrogen-bond acceptors (Lipinski definition) is 5. The third kappa shape index (κ3) is 6.06. The summed E-state index contributed by atoms with van der Waals surface area (Å²) in [6.07, 6.45) is 0. The Labute approximate surface area is 185 Å². The Bertz CT molecular complexity index is 1040. The number of halogens is 2. The van der Waals surface area contributed by atoms with Gasteiger partial charge in [0.05, 0.1) is 12.3 Å². The van der Waals surface area contributed by atoms with Gasteiger partial charge in [-0.1, -0.05) is 51.4 Å². The van der Waals surface area contributed by atoms with Crippen LogP contribution >= 0.6 is 39.3 Å². The molecule has 0 atom stereocenters. The topological polar surface area (TPSA) is 88.9 Å². The van der Waals surface area contributed by atoms with Crippen molar-refractivity contribution in [2.75, 3.05) is 11.1 Å². The maximum absolute atomic E-state index is 12.2. The molecule has 150 valence electrons. The maximum atomic E-state index is 12.2. The second kappa shape index (κ2) is 9.91. The van der Waals surface area contributed by atoms with Crippen LogP contribution < -0.4 is 10.6 Å². The number of nitrogens with zero attached hydrogens (tertiary/aromatic N) is 3. The Kier molecular flexibility index (Phi) is 7.29. The van der Waals surface area contributed by atoms with Gasteiger partial charge in [-0.3, -0.25) is 9.59 Å². The first-order chi connectivity index (χ1) is 13.9. The van der Waals surface area contributed by atoms with Crippen molar-refractivity contribution in [3.63, 3.8) is 0 Å². The molecule has 3 rings (SSSR count). The van der Waals surface area contributed by atoms with Crippen molar-refractivity contribution in [1.82, 2.24) is 20.1 Å². The van der Waals surface area contributed by atoms with Crippen molar-refractivity contribution >= 4 is 56.8 Å². The van der Waals surface area contributed by atoms with Gasteiger partial charge in [-0.2, -0.15) is 0 Å². The van der Waals surface area contributed by atoms with Crippen LogP contribution in [0.25, 0.3) is 0 Å². The highest BCUT2D eigenvalue weighted by Crippen LogP contribution is 2.18. The van der Waals surface area contributed by atoms with Crippen LogP contribution in [0.5, 0.6) is 0 Å². The minimum atomic E-state index is -0.252. The van der Waals surface area contributed by atoms with E-state index in [1.165, 1.54) is 11.8 Å². The predicted octanol–water partition coefficient (Wildman–Crippen LogP) is 3.89. The molecule has 0 spiro atoms. The van der Waals surface area contributed by atoms with Gasteiger partial charge in [-0.05, 0) is 36.4 Å². The largest absolute Gasteiger partial charge is 0.345 e. The number of aromatic nitrogens is 3. The van der Waals surface area contributed by atoms with E-state index in [2.05, 4.69) is 36.8 Å². The smallest absolute Gasteiger partial charge is 0.251 e. The molecule has 2 N–H and O–H groups in total. The SMILES string of the molecule is Cn1c(CNC(=O)c2cccc(Cl)c2)nnc1SCC(=O)Nc1cccc(Br)c1. The van der Waals surface area contributed by atoms with Crippen molar-refractivity contribution in [3.05, 3.63) is 69.4 Å². The second-order valence-corrected chi connectivity index (χ2v) is 8.29. The lowest BCUT2D eigenvalue weighted by Gasteiger charge is -2.07. The zero-order valence-corrected chi connectivity index (χ0v) is 18.5. The van der Waals surface area contributed by atoms with Crippen LogP contribution in [-0.2, 0) is 18.4 Å². The van der Waals surface area contributed by atoms with Crippen LogP contribution in [0.2, 0.25) is 5.02 Å². The van der Waals surface area contributed by atoms with Crippen molar-refractivity contribution in [1.29, 1.82) is 0 Å². The first kappa shape index (κ1) is 21.4. The lowest BCUT2D eigenvalue weighted by atomic mass is 10.2. The standard InChI is InChI=1S/C19H17BrClN5O2S/c1-26-16(10-22-18(28)12-4-2-6-14(21)8-12)24-25-19(26)29-11-17(27)23-15-7-3-5-13(20)9-15/h2-9H,10-11H2,1H3,(H,22,28)(H,23,27). The summed E-state index contributed by atoms with van der Waals surface area (Å²) in [7, 11) is 1.79. The molecule has 3 aromatic rings. The summed E-state index contributed by atoms with van der Waals surface area (Å²) in [5.41, 5.74) is 1.19. The zero-order chi connectivity index (χ0) is 20.8. The van der Waals surface area contributed by atoms with E-state index in [1.54, 1.807) is 35.9 Å². The average Bonchev–Trinajstić information content (AvgIpc) is 3.04. The number of thioether (sulfide) groups is 1. The van der Waals surface area contributed by atoms with Crippen molar-refractivity contribution < 1.29 is 9.59 Å². The highest BCUT2D eigenvalue weighted by atomic mass is 79.9. The summed E-state index contributed by atoms with van der Waals surface area (Å²) in [6, 6.07) is 14.1. The van der Waals surface area contributed by atoms with E-state index in [0.717, 1.165) is 4.47 Å². The molecule has 1 heterocycles. The Hall–Kier alpha value is -2.36. The molecule has 1 aromatic heterocycles. The molecule has 0 saturated carbocycles. The van der Waals surface area contributed by atoms with E-state index < -0.39 is 0 Å². The number of carbonyl (C=O) groups is 2. The van der Waals surface area contributed by atoms with Crippen LogP contribution in [0.3, 0.4) is 0 Å². The average molecular weight is 495 g/mol. The molecule has 10 heteroatoms. The molecule has 0 aliphatic heterocycles. The fourth-order valence-electron chi connectivity index (χ4n) is 2.41. The Balaban J connectivity index is 1.52. The molecule has 2 amide bonds. The normalized spacial score (nSPS) is 10.6. The number of rotatable bonds is 7. The minimum Gasteiger partial charge on any atom is -0.345 e. The van der Waals surface area contributed by atoms with Gasteiger partial charge in [0.1, 0.15) is 0 Å². The first-order valence-electron chi connectivity index (χ1n) is 8.52. The van der Waals surface area contributed by atoms with Crippen molar-refractivity contribution in [2.24, 2.45) is 7.05 Å². The number of carbonyl (C=O) groups excluding carboxylic acids is 2. The van der Waals surface area contributed by atoms with Crippen LogP contribution in [0.1, 0.15) is 16.2 Å². The van der Waals surface area contributed by atoms with Crippen LogP contribution in [0, 0.1) is 0 Å². The van der Waals surface area contributed by atoms with Gasteiger partial charge in [0.2, 0.25) is 5.91 Å². The number of benzene rings is 2. The fourth-order valence-corrected chi connectivity index (χ4v) is 3.73. The third-order valence-electron chi connectivity index (χ3n) is 3.86. The summed E-state index contributed by atoms with van der Waals surface area (Å²) < 4.78 is 2.63. The van der Waals surface area contributed by atoms with Gasteiger partial charge >= 0.3 is 0 Å². The number of nitrogens with one attached hydrogen (secondary N) is 2. The minimum absolute atomic E-state index is 0.146. The molecule has 0 fully saturated rings. The van der Waals surface area contributed by atoms with Gasteiger partial charge in [0.15, 0.2) is 11.0 Å². The summed E-state index contributed by atoms with van der Waals surface area (Å²) in [5.74, 6) is 0.369. The van der Waals surface area contributed by atoms with E-state index in [-0.39, 0.29) is 24.1 Å². The molecular formula is C19H17BrClN5O2S. The Morgan fingerprint density at radius 3 is 2.72 bits per heavy atom. The van der Waals surface area contributed by atoms with Crippen LogP contribution in [0.4, 0.5) is 5.69 Å². The van der Waals surface area contributed by atoms with Gasteiger partial charge in [-0.25, -0.2) is 0 Å². The molecule has 0 aliphatic rings. The third-order valence-corrected chi connectivity index (χ3v) is 5.61. The van der Waals surface area contributed by atoms with Crippen LogP contribution in [0.15, 0.2) is 58.2 Å². The maximum Gasteiger partial charge on any atom is 0.251 e. The van der Waals surface area contributed by atoms with Crippen LogP contribution in [-0.4, -0.2) is 32.3 Å². The lowest BCUT2D eigenvalue weighted by Crippen LogP contribution is -2.24. The molecule has 7 nitrogen and oxygen atoms in total. The lowest BCUT2D eigenvalue weighted by molar-refractivity contribution is -0.113. The monoisotopic (exact) mass is 493 g/mol. The summed E-state index contributed by atoms with van der Waals surface area (Å²) in [5, 5.41) is 14.9. The highest BCUT2D eigenvalue weighted by Gasteiger charge is 2.13. The van der Waals surface area contributed by atoms with Gasteiger partial charge in [-0.15, -0.1) is 10.2 Å². The van der Waals surface area contributed by atoms with E-state index in [9.17, 15) is 9.59 Å². The van der Waals surface area contributed by atoms with Gasteiger partial charge in [0, 0.05) is 27.8 Å². The molecule has 0 saturated heterocycles. The summed E-state index contributed by atoms with van der Waals surface area (Å²) in [4.78, 5) is 24.4.